The largest absolute Gasteiger partial charge is 0.484 e. The molecule has 0 unspecified atom stereocenters. The van der Waals surface area contributed by atoms with Gasteiger partial charge in [0.2, 0.25) is 0 Å². The Labute approximate surface area is 186 Å². The van der Waals surface area contributed by atoms with Crippen molar-refractivity contribution in [1.29, 1.82) is 0 Å². The number of hydrogen-bond donors (Lipinski definition) is 2. The molecule has 2 aromatic carbocycles. The number of aliphatic imine (C=N–C) groups is 1. The molecule has 0 spiro atoms. The number of halogens is 2. The van der Waals surface area contributed by atoms with Gasteiger partial charge in [-0.05, 0) is 42.0 Å². The minimum Gasteiger partial charge on any atom is -0.484 e. The van der Waals surface area contributed by atoms with Crippen LogP contribution in [0.4, 0.5) is 10.1 Å². The van der Waals surface area contributed by atoms with Crippen LogP contribution in [0.1, 0.15) is 5.56 Å². The van der Waals surface area contributed by atoms with Crippen LogP contribution in [0.3, 0.4) is 0 Å². The van der Waals surface area contributed by atoms with Gasteiger partial charge >= 0.3 is 0 Å². The van der Waals surface area contributed by atoms with Crippen LogP contribution in [0.25, 0.3) is 0 Å². The smallest absolute Gasteiger partial charge is 0.255 e. The summed E-state index contributed by atoms with van der Waals surface area (Å²) >= 11 is 0. The average Bonchev–Trinajstić information content (AvgIpc) is 2.71. The number of carbonyl (C=O) groups is 1. The van der Waals surface area contributed by atoms with Crippen molar-refractivity contribution in [3.05, 3.63) is 59.9 Å². The van der Waals surface area contributed by atoms with E-state index in [0.717, 1.165) is 37.4 Å². The second-order valence-corrected chi connectivity index (χ2v) is 6.53. The lowest BCUT2D eigenvalue weighted by molar-refractivity contribution is -0.119. The van der Waals surface area contributed by atoms with Crippen LogP contribution in [0.2, 0.25) is 0 Å². The zero-order valence-electron chi connectivity index (χ0n) is 16.0. The molecule has 7 nitrogen and oxygen atoms in total. The molecule has 2 aromatic rings. The first-order chi connectivity index (χ1) is 13.5. The van der Waals surface area contributed by atoms with Crippen molar-refractivity contribution < 1.29 is 13.9 Å². The summed E-state index contributed by atoms with van der Waals surface area (Å²) in [6.07, 6.45) is 0. The topological polar surface area (TPSA) is 97.2 Å². The van der Waals surface area contributed by atoms with Gasteiger partial charge in [-0.15, -0.1) is 24.0 Å². The van der Waals surface area contributed by atoms with Gasteiger partial charge in [-0.3, -0.25) is 4.79 Å². The SMILES string of the molecule is I.NC(=O)COc1cccc(CN=C(N)N2CCN(c3ccc(F)cc3)CC2)c1. The maximum Gasteiger partial charge on any atom is 0.255 e. The van der Waals surface area contributed by atoms with Gasteiger partial charge < -0.3 is 26.0 Å². The van der Waals surface area contributed by atoms with Crippen molar-refractivity contribution in [2.45, 2.75) is 6.54 Å². The van der Waals surface area contributed by atoms with Gasteiger partial charge in [0.1, 0.15) is 11.6 Å². The molecule has 0 aromatic heterocycles. The van der Waals surface area contributed by atoms with Crippen molar-refractivity contribution in [2.24, 2.45) is 16.5 Å². The second kappa shape index (κ2) is 10.8. The molecule has 1 aliphatic rings. The molecule has 1 saturated heterocycles. The van der Waals surface area contributed by atoms with E-state index in [1.54, 1.807) is 18.2 Å². The molecule has 1 amide bonds. The fourth-order valence-corrected chi connectivity index (χ4v) is 3.01. The highest BCUT2D eigenvalue weighted by molar-refractivity contribution is 14.0. The molecule has 0 bridgehead atoms. The Kier molecular flexibility index (Phi) is 8.50. The van der Waals surface area contributed by atoms with Crippen molar-refractivity contribution in [2.75, 3.05) is 37.7 Å². The van der Waals surface area contributed by atoms with Crippen molar-refractivity contribution in [1.82, 2.24) is 4.90 Å². The van der Waals surface area contributed by atoms with E-state index in [-0.39, 0.29) is 36.4 Å². The third-order valence-corrected chi connectivity index (χ3v) is 4.50. The fourth-order valence-electron chi connectivity index (χ4n) is 3.01. The van der Waals surface area contributed by atoms with E-state index in [1.165, 1.54) is 12.1 Å². The van der Waals surface area contributed by atoms with Crippen LogP contribution in [0.15, 0.2) is 53.5 Å². The van der Waals surface area contributed by atoms with Gasteiger partial charge in [0.05, 0.1) is 6.54 Å². The van der Waals surface area contributed by atoms with E-state index in [0.29, 0.717) is 18.3 Å². The third kappa shape index (κ3) is 6.77. The molecule has 0 aliphatic carbocycles. The van der Waals surface area contributed by atoms with Crippen LogP contribution in [0, 0.1) is 5.82 Å². The first-order valence-electron chi connectivity index (χ1n) is 9.07. The molecule has 3 rings (SSSR count). The average molecular weight is 513 g/mol. The van der Waals surface area contributed by atoms with Crippen molar-refractivity contribution in [3.8, 4) is 5.75 Å². The van der Waals surface area contributed by atoms with E-state index in [4.69, 9.17) is 16.2 Å². The summed E-state index contributed by atoms with van der Waals surface area (Å²) in [7, 11) is 0. The summed E-state index contributed by atoms with van der Waals surface area (Å²) in [5, 5.41) is 0. The molecule has 1 heterocycles. The van der Waals surface area contributed by atoms with Crippen LogP contribution < -0.4 is 21.1 Å². The van der Waals surface area contributed by atoms with Gasteiger partial charge in [0.25, 0.3) is 5.91 Å². The number of piperazine rings is 1. The van der Waals surface area contributed by atoms with Crippen molar-refractivity contribution >= 4 is 41.5 Å². The summed E-state index contributed by atoms with van der Waals surface area (Å²) in [5.41, 5.74) is 13.2. The highest BCUT2D eigenvalue weighted by atomic mass is 127. The van der Waals surface area contributed by atoms with E-state index in [2.05, 4.69) is 9.89 Å². The monoisotopic (exact) mass is 513 g/mol. The number of rotatable bonds is 6. The number of benzene rings is 2. The van der Waals surface area contributed by atoms with Crippen LogP contribution in [-0.4, -0.2) is 49.6 Å². The molecule has 0 atom stereocenters. The number of primary amides is 1. The lowest BCUT2D eigenvalue weighted by Gasteiger charge is -2.36. The Balaban J connectivity index is 0.00000300. The second-order valence-electron chi connectivity index (χ2n) is 6.53. The Morgan fingerprint density at radius 3 is 2.41 bits per heavy atom. The fraction of sp³-hybridized carbons (Fsp3) is 0.300. The maximum absolute atomic E-state index is 13.1. The van der Waals surface area contributed by atoms with Crippen LogP contribution in [-0.2, 0) is 11.3 Å². The molecular formula is C20H25FIN5O2. The minimum atomic E-state index is -0.521. The Hall–Kier alpha value is -2.56. The number of nitrogens with zero attached hydrogens (tertiary/aromatic N) is 3. The molecular weight excluding hydrogens is 488 g/mol. The summed E-state index contributed by atoms with van der Waals surface area (Å²) < 4.78 is 18.4. The zero-order chi connectivity index (χ0) is 19.9. The zero-order valence-corrected chi connectivity index (χ0v) is 18.3. The van der Waals surface area contributed by atoms with E-state index < -0.39 is 5.91 Å². The molecule has 1 fully saturated rings. The molecule has 4 N–H and O–H groups in total. The van der Waals surface area contributed by atoms with E-state index in [9.17, 15) is 9.18 Å². The Morgan fingerprint density at radius 1 is 1.07 bits per heavy atom. The molecule has 1 aliphatic heterocycles. The quantitative estimate of drug-likeness (QED) is 0.350. The van der Waals surface area contributed by atoms with Crippen LogP contribution in [0.5, 0.6) is 5.75 Å². The van der Waals surface area contributed by atoms with Gasteiger partial charge in [-0.2, -0.15) is 0 Å². The summed E-state index contributed by atoms with van der Waals surface area (Å²) in [6, 6.07) is 13.8. The lowest BCUT2D eigenvalue weighted by atomic mass is 10.2. The van der Waals surface area contributed by atoms with E-state index >= 15 is 0 Å². The number of hydrogen-bond acceptors (Lipinski definition) is 4. The highest BCUT2D eigenvalue weighted by Crippen LogP contribution is 2.17. The third-order valence-electron chi connectivity index (χ3n) is 4.50. The van der Waals surface area contributed by atoms with Gasteiger partial charge in [-0.1, -0.05) is 12.1 Å². The molecule has 0 radical (unpaired) electrons. The predicted molar refractivity (Wildman–Crippen MR) is 122 cm³/mol. The number of nitrogens with two attached hydrogens (primary N) is 2. The summed E-state index contributed by atoms with van der Waals surface area (Å²) in [6.45, 7) is 3.32. The summed E-state index contributed by atoms with van der Waals surface area (Å²) in [5.74, 6) is 0.301. The molecule has 0 saturated carbocycles. The number of carbonyl (C=O) groups excluding carboxylic acids is 1. The standard InChI is InChI=1S/C20H24FN5O2.HI/c21-16-4-6-17(7-5-16)25-8-10-26(11-9-25)20(23)24-13-15-2-1-3-18(12-15)28-14-19(22)27;/h1-7,12H,8-11,13-14H2,(H2,22,27)(H2,23,24);1H. The first kappa shape index (κ1) is 22.7. The molecule has 9 heteroatoms. The number of ether oxygens (including phenoxy) is 1. The molecule has 29 heavy (non-hydrogen) atoms. The van der Waals surface area contributed by atoms with Gasteiger partial charge in [0.15, 0.2) is 12.6 Å². The lowest BCUT2D eigenvalue weighted by Crippen LogP contribution is -2.51. The Bertz CT molecular complexity index is 839. The number of anilines is 1. The molecule has 156 valence electrons. The van der Waals surface area contributed by atoms with Gasteiger partial charge in [-0.25, -0.2) is 9.38 Å². The van der Waals surface area contributed by atoms with Crippen molar-refractivity contribution in [3.63, 3.8) is 0 Å². The normalized spacial score (nSPS) is 14.3. The minimum absolute atomic E-state index is 0. The van der Waals surface area contributed by atoms with Crippen LogP contribution >= 0.6 is 24.0 Å². The predicted octanol–water partition coefficient (Wildman–Crippen LogP) is 1.94. The summed E-state index contributed by atoms with van der Waals surface area (Å²) in [4.78, 5) is 19.5. The van der Waals surface area contributed by atoms with E-state index in [1.807, 2.05) is 23.1 Å². The highest BCUT2D eigenvalue weighted by Gasteiger charge is 2.18. The number of guanidine groups is 1. The first-order valence-corrected chi connectivity index (χ1v) is 9.07. The number of amides is 1. The van der Waals surface area contributed by atoms with Gasteiger partial charge in [0, 0.05) is 31.9 Å². The maximum atomic E-state index is 13.1. The Morgan fingerprint density at radius 2 is 1.76 bits per heavy atom.